The van der Waals surface area contributed by atoms with E-state index in [2.05, 4.69) is 19.9 Å². The molecule has 30 heavy (non-hydrogen) atoms. The highest BCUT2D eigenvalue weighted by Gasteiger charge is 2.48. The van der Waals surface area contributed by atoms with E-state index in [0.29, 0.717) is 17.5 Å². The quantitative estimate of drug-likeness (QED) is 0.320. The molecule has 1 saturated heterocycles. The van der Waals surface area contributed by atoms with E-state index in [1.54, 1.807) is 0 Å². The van der Waals surface area contributed by atoms with Crippen LogP contribution in [0.25, 0.3) is 11.2 Å². The summed E-state index contributed by atoms with van der Waals surface area (Å²) < 4.78 is 6.18. The zero-order chi connectivity index (χ0) is 21.3. The fourth-order valence-corrected chi connectivity index (χ4v) is 3.04. The summed E-state index contributed by atoms with van der Waals surface area (Å²) in [7, 11) is 0. The Morgan fingerprint density at radius 3 is 2.67 bits per heavy atom. The van der Waals surface area contributed by atoms with Crippen LogP contribution in [0.5, 0.6) is 0 Å². The smallest absolute Gasteiger partial charge is 0.335 e. The zero-order valence-electron chi connectivity index (χ0n) is 15.4. The lowest BCUT2D eigenvalue weighted by atomic mass is 9.99. The number of aliphatic carboxylic acids is 1. The second-order valence-corrected chi connectivity index (χ2v) is 6.64. The Labute approximate surface area is 168 Å². The number of H-pyrrole nitrogens is 1. The van der Waals surface area contributed by atoms with Crippen LogP contribution in [0.15, 0.2) is 48.0 Å². The topological polar surface area (TPSA) is 175 Å². The van der Waals surface area contributed by atoms with Crippen molar-refractivity contribution in [2.24, 2.45) is 4.99 Å². The van der Waals surface area contributed by atoms with E-state index in [1.165, 1.54) is 12.7 Å². The average Bonchev–Trinajstić information content (AvgIpc) is 3.24. The standard InChI is InChI=1S/C18H19N5O7/c24-11-12(25)14(17(27)28)29-18(13(11)26)30-23-8-22-15(10-16(23)21-7-20-10)19-6-9-4-2-1-3-5-9/h1-5,7-8,11-14,18,24-26H,6H2,(H,20,21)(H,27,28)/t11-,12-,13+,14-,18?/m0/s1. The largest absolute Gasteiger partial charge is 0.479 e. The number of aliphatic hydroxyl groups is 3. The number of hydrogen-bond donors (Lipinski definition) is 5. The third kappa shape index (κ3) is 3.76. The number of hydrogen-bond acceptors (Lipinski definition) is 9. The van der Waals surface area contributed by atoms with Gasteiger partial charge in [-0.1, -0.05) is 30.3 Å². The predicted molar refractivity (Wildman–Crippen MR) is 98.5 cm³/mol. The number of imidazole rings is 1. The lowest BCUT2D eigenvalue weighted by molar-refractivity contribution is -0.292. The zero-order valence-corrected chi connectivity index (χ0v) is 15.4. The Kier molecular flexibility index (Phi) is 5.46. The first-order valence-corrected chi connectivity index (χ1v) is 9.00. The summed E-state index contributed by atoms with van der Waals surface area (Å²) in [5, 5.41) is 39.0. The lowest BCUT2D eigenvalue weighted by Crippen LogP contribution is -2.62. The molecule has 1 fully saturated rings. The van der Waals surface area contributed by atoms with E-state index in [4.69, 9.17) is 14.7 Å². The van der Waals surface area contributed by atoms with Gasteiger partial charge in [0.15, 0.2) is 17.2 Å². The fraction of sp³-hybridized carbons (Fsp3) is 0.333. The highest BCUT2D eigenvalue weighted by atomic mass is 16.8. The maximum absolute atomic E-state index is 11.2. The summed E-state index contributed by atoms with van der Waals surface area (Å²) in [6.07, 6.45) is -6.06. The van der Waals surface area contributed by atoms with Crippen molar-refractivity contribution in [3.05, 3.63) is 54.0 Å². The first-order valence-electron chi connectivity index (χ1n) is 9.00. The van der Waals surface area contributed by atoms with Crippen LogP contribution < -0.4 is 10.3 Å². The van der Waals surface area contributed by atoms with Gasteiger partial charge >= 0.3 is 5.97 Å². The number of benzene rings is 1. The van der Waals surface area contributed by atoms with Crippen LogP contribution in [0, 0.1) is 0 Å². The molecule has 0 amide bonds. The minimum Gasteiger partial charge on any atom is -0.479 e. The Bertz CT molecular complexity index is 1100. The van der Waals surface area contributed by atoms with Gasteiger partial charge in [-0.05, 0) is 5.56 Å². The van der Waals surface area contributed by atoms with E-state index < -0.39 is 36.7 Å². The molecule has 3 heterocycles. The molecule has 0 bridgehead atoms. The molecule has 0 radical (unpaired) electrons. The molecule has 1 aromatic carbocycles. The number of nitrogens with zero attached hydrogens (tertiary/aromatic N) is 4. The molecule has 0 aliphatic carbocycles. The van der Waals surface area contributed by atoms with E-state index in [-0.39, 0.29) is 5.65 Å². The number of carbonyl (C=O) groups is 1. The molecule has 2 aromatic heterocycles. The molecule has 12 nitrogen and oxygen atoms in total. The number of rotatable bonds is 5. The minimum absolute atomic E-state index is 0.250. The van der Waals surface area contributed by atoms with Crippen molar-refractivity contribution < 1.29 is 34.8 Å². The van der Waals surface area contributed by atoms with Crippen molar-refractivity contribution in [3.8, 4) is 0 Å². The third-order valence-electron chi connectivity index (χ3n) is 4.62. The SMILES string of the molecule is O=C(O)[C@H]1OC(On2cnc(=NCc3ccccc3)c3[nH]cnc32)[C@H](O)[C@@H](O)[C@@H]1O. The van der Waals surface area contributed by atoms with Gasteiger partial charge in [-0.15, -0.1) is 4.73 Å². The van der Waals surface area contributed by atoms with Gasteiger partial charge < -0.3 is 35.0 Å². The van der Waals surface area contributed by atoms with E-state index in [1.807, 2.05) is 30.3 Å². The van der Waals surface area contributed by atoms with Crippen LogP contribution in [0.1, 0.15) is 5.56 Å². The van der Waals surface area contributed by atoms with Gasteiger partial charge in [0.05, 0.1) is 12.9 Å². The highest BCUT2D eigenvalue weighted by molar-refractivity contribution is 5.73. The first kappa shape index (κ1) is 20.0. The van der Waals surface area contributed by atoms with Crippen LogP contribution in [-0.2, 0) is 16.1 Å². The molecule has 1 unspecified atom stereocenters. The molecule has 5 N–H and O–H groups in total. The Morgan fingerprint density at radius 2 is 1.93 bits per heavy atom. The van der Waals surface area contributed by atoms with Crippen molar-refractivity contribution in [2.75, 3.05) is 0 Å². The monoisotopic (exact) mass is 417 g/mol. The van der Waals surface area contributed by atoms with Crippen LogP contribution in [0.2, 0.25) is 0 Å². The number of carboxylic acids is 1. The number of ether oxygens (including phenoxy) is 1. The fourth-order valence-electron chi connectivity index (χ4n) is 3.04. The van der Waals surface area contributed by atoms with Crippen LogP contribution in [0.3, 0.4) is 0 Å². The van der Waals surface area contributed by atoms with Gasteiger partial charge in [0.25, 0.3) is 6.29 Å². The summed E-state index contributed by atoms with van der Waals surface area (Å²) in [6.45, 7) is 0.391. The maximum atomic E-state index is 11.2. The second-order valence-electron chi connectivity index (χ2n) is 6.64. The number of aromatic amines is 1. The average molecular weight is 417 g/mol. The molecule has 12 heteroatoms. The molecule has 3 aromatic rings. The number of aliphatic hydroxyl groups excluding tert-OH is 3. The summed E-state index contributed by atoms with van der Waals surface area (Å²) >= 11 is 0. The number of nitrogens with one attached hydrogen (secondary N) is 1. The molecule has 0 spiro atoms. The van der Waals surface area contributed by atoms with E-state index >= 15 is 0 Å². The van der Waals surface area contributed by atoms with Crippen LogP contribution in [0.4, 0.5) is 0 Å². The molecular weight excluding hydrogens is 398 g/mol. The van der Waals surface area contributed by atoms with E-state index in [9.17, 15) is 20.1 Å². The number of fused-ring (bicyclic) bond motifs is 1. The summed E-state index contributed by atoms with van der Waals surface area (Å²) in [5.41, 5.74) is 2.05. The minimum atomic E-state index is -1.81. The highest BCUT2D eigenvalue weighted by Crippen LogP contribution is 2.21. The van der Waals surface area contributed by atoms with Gasteiger partial charge in [-0.2, -0.15) is 0 Å². The Hall–Kier alpha value is -3.32. The Balaban J connectivity index is 1.61. The second kappa shape index (κ2) is 8.20. The molecule has 5 atom stereocenters. The molecule has 158 valence electrons. The number of carboxylic acid groups (broad SMARTS) is 1. The van der Waals surface area contributed by atoms with Crippen LogP contribution in [-0.4, -0.2) is 76.8 Å². The van der Waals surface area contributed by atoms with Crippen molar-refractivity contribution in [1.82, 2.24) is 19.7 Å². The van der Waals surface area contributed by atoms with Gasteiger partial charge in [-0.3, -0.25) is 4.99 Å². The molecule has 1 aliphatic heterocycles. The van der Waals surface area contributed by atoms with Crippen LogP contribution >= 0.6 is 0 Å². The maximum Gasteiger partial charge on any atom is 0.335 e. The molecule has 0 saturated carbocycles. The van der Waals surface area contributed by atoms with Gasteiger partial charge in [0, 0.05) is 0 Å². The molecule has 4 rings (SSSR count). The van der Waals surface area contributed by atoms with Crippen molar-refractivity contribution in [1.29, 1.82) is 0 Å². The number of aromatic nitrogens is 4. The van der Waals surface area contributed by atoms with Crippen molar-refractivity contribution in [2.45, 2.75) is 37.3 Å². The summed E-state index contributed by atoms with van der Waals surface area (Å²) in [5.74, 6) is -1.51. The van der Waals surface area contributed by atoms with Crippen molar-refractivity contribution in [3.63, 3.8) is 0 Å². The third-order valence-corrected chi connectivity index (χ3v) is 4.62. The summed E-state index contributed by atoms with van der Waals surface area (Å²) in [6, 6.07) is 9.58. The predicted octanol–water partition coefficient (Wildman–Crippen LogP) is -1.82. The van der Waals surface area contributed by atoms with Gasteiger partial charge in [0.1, 0.15) is 30.2 Å². The van der Waals surface area contributed by atoms with Gasteiger partial charge in [0.2, 0.25) is 0 Å². The Morgan fingerprint density at radius 1 is 1.17 bits per heavy atom. The van der Waals surface area contributed by atoms with E-state index in [0.717, 1.165) is 10.3 Å². The molecular formula is C18H19N5O7. The van der Waals surface area contributed by atoms with Gasteiger partial charge in [-0.25, -0.2) is 14.8 Å². The normalized spacial score (nSPS) is 27.3. The van der Waals surface area contributed by atoms with Crippen molar-refractivity contribution >= 4 is 17.1 Å². The molecule has 1 aliphatic rings. The summed E-state index contributed by atoms with van der Waals surface area (Å²) in [4.78, 5) is 32.4. The first-order chi connectivity index (χ1) is 14.5. The lowest BCUT2D eigenvalue weighted by Gasteiger charge is -2.38.